The number of carboxylic acid groups (broad SMARTS) is 1. The number of nitrogens with zero attached hydrogens (tertiary/aromatic N) is 1. The smallest absolute Gasteiger partial charge is 0.317 e. The van der Waals surface area contributed by atoms with E-state index < -0.39 is 11.9 Å². The van der Waals surface area contributed by atoms with E-state index in [4.69, 9.17) is 4.74 Å². The number of hydrogen-bond donors (Lipinski definition) is 2. The van der Waals surface area contributed by atoms with Crippen LogP contribution in [0.25, 0.3) is 10.8 Å². The van der Waals surface area contributed by atoms with E-state index in [1.165, 1.54) is 0 Å². The minimum absolute atomic E-state index is 0.0269. The number of benzene rings is 2. The zero-order valence-corrected chi connectivity index (χ0v) is 15.8. The molecule has 1 aliphatic heterocycles. The average molecular weight is 370 g/mol. The summed E-state index contributed by atoms with van der Waals surface area (Å²) < 4.78 is 5.94. The molecule has 0 aromatic heterocycles. The maximum Gasteiger partial charge on any atom is 0.317 e. The predicted molar refractivity (Wildman–Crippen MR) is 104 cm³/mol. The first kappa shape index (κ1) is 19.0. The highest BCUT2D eigenvalue weighted by molar-refractivity contribution is 5.88. The molecule has 1 saturated heterocycles. The van der Waals surface area contributed by atoms with Crippen LogP contribution in [0.5, 0.6) is 5.75 Å². The number of fused-ring (bicyclic) bond motifs is 1. The van der Waals surface area contributed by atoms with Crippen molar-refractivity contribution in [3.8, 4) is 5.75 Å². The molecule has 3 rings (SSSR count). The summed E-state index contributed by atoms with van der Waals surface area (Å²) in [6.45, 7) is 5.11. The SMILES string of the molecule is CC(C)Oc1ccc2ccccc2c1CNC(=O)N1CCCC(C(=O)O)C1. The van der Waals surface area contributed by atoms with Gasteiger partial charge in [-0.15, -0.1) is 0 Å². The predicted octanol–water partition coefficient (Wildman–Crippen LogP) is 3.63. The third kappa shape index (κ3) is 4.51. The Hall–Kier alpha value is -2.76. The summed E-state index contributed by atoms with van der Waals surface area (Å²) in [6, 6.07) is 11.7. The normalized spacial score (nSPS) is 17.1. The van der Waals surface area contributed by atoms with Crippen LogP contribution in [0.2, 0.25) is 0 Å². The number of hydrogen-bond acceptors (Lipinski definition) is 3. The van der Waals surface area contributed by atoms with Crippen molar-refractivity contribution in [1.29, 1.82) is 0 Å². The van der Waals surface area contributed by atoms with Gasteiger partial charge >= 0.3 is 12.0 Å². The summed E-state index contributed by atoms with van der Waals surface area (Å²) in [5.74, 6) is -0.567. The second-order valence-corrected chi connectivity index (χ2v) is 7.21. The second-order valence-electron chi connectivity index (χ2n) is 7.21. The van der Waals surface area contributed by atoms with Crippen molar-refractivity contribution in [3.63, 3.8) is 0 Å². The average Bonchev–Trinajstić information content (AvgIpc) is 2.66. The van der Waals surface area contributed by atoms with Crippen LogP contribution in [-0.4, -0.2) is 41.2 Å². The Bertz CT molecular complexity index is 834. The van der Waals surface area contributed by atoms with E-state index in [-0.39, 0.29) is 18.7 Å². The molecule has 2 amide bonds. The molecule has 2 N–H and O–H groups in total. The fourth-order valence-electron chi connectivity index (χ4n) is 3.50. The molecule has 1 unspecified atom stereocenters. The summed E-state index contributed by atoms with van der Waals surface area (Å²) >= 11 is 0. The number of amides is 2. The number of carboxylic acids is 1. The molecule has 0 aliphatic carbocycles. The lowest BCUT2D eigenvalue weighted by Crippen LogP contribution is -2.46. The maximum absolute atomic E-state index is 12.6. The number of carbonyl (C=O) groups is 2. The van der Waals surface area contributed by atoms with Gasteiger partial charge in [0.25, 0.3) is 0 Å². The number of ether oxygens (including phenoxy) is 1. The monoisotopic (exact) mass is 370 g/mol. The summed E-state index contributed by atoms with van der Waals surface area (Å²) in [6.07, 6.45) is 1.36. The molecule has 1 heterocycles. The van der Waals surface area contributed by atoms with Crippen LogP contribution in [0, 0.1) is 5.92 Å². The van der Waals surface area contributed by atoms with Crippen LogP contribution in [0.15, 0.2) is 36.4 Å². The van der Waals surface area contributed by atoms with Crippen LogP contribution < -0.4 is 10.1 Å². The van der Waals surface area contributed by atoms with E-state index in [1.807, 2.05) is 50.2 Å². The lowest BCUT2D eigenvalue weighted by Gasteiger charge is -2.30. The largest absolute Gasteiger partial charge is 0.491 e. The van der Waals surface area contributed by atoms with Gasteiger partial charge in [-0.2, -0.15) is 0 Å². The lowest BCUT2D eigenvalue weighted by atomic mass is 9.99. The number of piperidine rings is 1. The van der Waals surface area contributed by atoms with Gasteiger partial charge in [-0.3, -0.25) is 4.79 Å². The van der Waals surface area contributed by atoms with E-state index in [2.05, 4.69) is 5.32 Å². The molecule has 2 aromatic rings. The van der Waals surface area contributed by atoms with E-state index in [9.17, 15) is 14.7 Å². The Morgan fingerprint density at radius 3 is 2.78 bits per heavy atom. The Morgan fingerprint density at radius 1 is 1.26 bits per heavy atom. The van der Waals surface area contributed by atoms with Crippen LogP contribution in [0.1, 0.15) is 32.3 Å². The van der Waals surface area contributed by atoms with Gasteiger partial charge < -0.3 is 20.1 Å². The van der Waals surface area contributed by atoms with Crippen molar-refractivity contribution < 1.29 is 19.4 Å². The molecular weight excluding hydrogens is 344 g/mol. The van der Waals surface area contributed by atoms with Crippen molar-refractivity contribution in [2.24, 2.45) is 5.92 Å². The molecule has 144 valence electrons. The van der Waals surface area contributed by atoms with Gasteiger partial charge in [0.1, 0.15) is 5.75 Å². The molecule has 6 nitrogen and oxygen atoms in total. The quantitative estimate of drug-likeness (QED) is 0.842. The van der Waals surface area contributed by atoms with Crippen molar-refractivity contribution >= 4 is 22.8 Å². The van der Waals surface area contributed by atoms with Crippen LogP contribution >= 0.6 is 0 Å². The van der Waals surface area contributed by atoms with Crippen LogP contribution in [0.3, 0.4) is 0 Å². The molecule has 27 heavy (non-hydrogen) atoms. The highest BCUT2D eigenvalue weighted by atomic mass is 16.5. The molecular formula is C21H26N2O4. The van der Waals surface area contributed by atoms with Crippen molar-refractivity contribution in [2.45, 2.75) is 39.3 Å². The highest BCUT2D eigenvalue weighted by Crippen LogP contribution is 2.29. The Kier molecular flexibility index (Phi) is 5.84. The molecule has 1 aliphatic rings. The Labute approximate surface area is 159 Å². The van der Waals surface area contributed by atoms with Gasteiger partial charge in [-0.1, -0.05) is 30.3 Å². The van der Waals surface area contributed by atoms with Gasteiger partial charge in [0.2, 0.25) is 0 Å². The molecule has 6 heteroatoms. The number of urea groups is 1. The first-order valence-electron chi connectivity index (χ1n) is 9.38. The molecule has 0 spiro atoms. The topological polar surface area (TPSA) is 78.9 Å². The van der Waals surface area contributed by atoms with Crippen LogP contribution in [0.4, 0.5) is 4.79 Å². The number of likely N-dealkylation sites (tertiary alicyclic amines) is 1. The molecule has 2 aromatic carbocycles. The van der Waals surface area contributed by atoms with Crippen molar-refractivity contribution in [3.05, 3.63) is 42.0 Å². The van der Waals surface area contributed by atoms with Gasteiger partial charge in [-0.25, -0.2) is 4.79 Å². The molecule has 0 radical (unpaired) electrons. The molecule has 0 bridgehead atoms. The summed E-state index contributed by atoms with van der Waals surface area (Å²) in [7, 11) is 0. The summed E-state index contributed by atoms with van der Waals surface area (Å²) in [5.41, 5.74) is 0.932. The number of nitrogens with one attached hydrogen (secondary N) is 1. The number of carbonyl (C=O) groups excluding carboxylic acids is 1. The number of aliphatic carboxylic acids is 1. The minimum Gasteiger partial charge on any atom is -0.491 e. The summed E-state index contributed by atoms with van der Waals surface area (Å²) in [4.78, 5) is 25.4. The summed E-state index contributed by atoms with van der Waals surface area (Å²) in [5, 5.41) is 14.3. The van der Waals surface area contributed by atoms with Crippen molar-refractivity contribution in [1.82, 2.24) is 10.2 Å². The van der Waals surface area contributed by atoms with Gasteiger partial charge in [-0.05, 0) is 43.5 Å². The molecule has 1 atom stereocenters. The van der Waals surface area contributed by atoms with E-state index in [1.54, 1.807) is 4.90 Å². The molecule has 1 fully saturated rings. The zero-order valence-electron chi connectivity index (χ0n) is 15.8. The van der Waals surface area contributed by atoms with Crippen LogP contribution in [-0.2, 0) is 11.3 Å². The fraction of sp³-hybridized carbons (Fsp3) is 0.429. The first-order valence-corrected chi connectivity index (χ1v) is 9.38. The van der Waals surface area contributed by atoms with Gasteiger partial charge in [0, 0.05) is 25.2 Å². The minimum atomic E-state index is -0.839. The zero-order chi connectivity index (χ0) is 19.4. The lowest BCUT2D eigenvalue weighted by molar-refractivity contribution is -0.143. The third-order valence-electron chi connectivity index (χ3n) is 4.83. The molecule has 0 saturated carbocycles. The Balaban J connectivity index is 1.77. The second kappa shape index (κ2) is 8.29. The third-order valence-corrected chi connectivity index (χ3v) is 4.83. The number of rotatable bonds is 5. The van der Waals surface area contributed by atoms with Crippen molar-refractivity contribution in [2.75, 3.05) is 13.1 Å². The maximum atomic E-state index is 12.6. The highest BCUT2D eigenvalue weighted by Gasteiger charge is 2.28. The first-order chi connectivity index (χ1) is 13.0. The van der Waals surface area contributed by atoms with E-state index in [0.717, 1.165) is 22.1 Å². The van der Waals surface area contributed by atoms with Gasteiger partial charge in [0.05, 0.1) is 12.0 Å². The van der Waals surface area contributed by atoms with E-state index >= 15 is 0 Å². The standard InChI is InChI=1S/C21H26N2O4/c1-14(2)27-19-10-9-15-6-3-4-8-17(15)18(19)12-22-21(26)23-11-5-7-16(13-23)20(24)25/h3-4,6,8-10,14,16H,5,7,11-13H2,1-2H3,(H,22,26)(H,24,25). The van der Waals surface area contributed by atoms with Gasteiger partial charge in [0.15, 0.2) is 0 Å². The fourth-order valence-corrected chi connectivity index (χ4v) is 3.50. The Morgan fingerprint density at radius 2 is 2.04 bits per heavy atom. The van der Waals surface area contributed by atoms with E-state index in [0.29, 0.717) is 25.9 Å².